The Hall–Kier alpha value is -1.71. The number of guanidine groups is 1. The van der Waals surface area contributed by atoms with Crippen LogP contribution in [0.4, 0.5) is 5.69 Å². The minimum Gasteiger partial charge on any atom is -0.497 e. The summed E-state index contributed by atoms with van der Waals surface area (Å²) >= 11 is 0. The number of ether oxygens (including phenoxy) is 1. The molecule has 0 atom stereocenters. The van der Waals surface area contributed by atoms with E-state index in [1.165, 1.54) is 0 Å². The lowest BCUT2D eigenvalue weighted by Gasteiger charge is -2.17. The number of hydrogen-bond acceptors (Lipinski definition) is 2. The molecule has 0 aromatic heterocycles. The second-order valence-corrected chi connectivity index (χ2v) is 2.84. The van der Waals surface area contributed by atoms with Crippen molar-refractivity contribution in [3.05, 3.63) is 24.3 Å². The van der Waals surface area contributed by atoms with Gasteiger partial charge < -0.3 is 15.4 Å². The van der Waals surface area contributed by atoms with Gasteiger partial charge in [-0.3, -0.25) is 4.99 Å². The highest BCUT2D eigenvalue weighted by molar-refractivity contribution is 5.94. The van der Waals surface area contributed by atoms with Gasteiger partial charge in [0.2, 0.25) is 0 Å². The van der Waals surface area contributed by atoms with E-state index < -0.39 is 0 Å². The summed E-state index contributed by atoms with van der Waals surface area (Å²) in [5.74, 6) is 1.31. The summed E-state index contributed by atoms with van der Waals surface area (Å²) in [4.78, 5) is 5.70. The van der Waals surface area contributed by atoms with Gasteiger partial charge in [-0.25, -0.2) is 0 Å². The smallest absolute Gasteiger partial charge is 0.195 e. The molecule has 0 spiro atoms. The molecule has 14 heavy (non-hydrogen) atoms. The van der Waals surface area contributed by atoms with Gasteiger partial charge in [-0.2, -0.15) is 0 Å². The first kappa shape index (κ1) is 10.4. The third-order valence-electron chi connectivity index (χ3n) is 2.03. The number of methoxy groups -OCH3 is 1. The first-order valence-corrected chi connectivity index (χ1v) is 4.29. The maximum atomic E-state index is 5.66. The van der Waals surface area contributed by atoms with Crippen LogP contribution in [0.3, 0.4) is 0 Å². The molecule has 4 heteroatoms. The highest BCUT2D eigenvalue weighted by atomic mass is 16.5. The average molecular weight is 193 g/mol. The largest absolute Gasteiger partial charge is 0.497 e. The lowest BCUT2D eigenvalue weighted by atomic mass is 10.3. The molecule has 0 unspecified atom stereocenters. The molecule has 0 saturated carbocycles. The number of aliphatic imine (C=N–C) groups is 1. The van der Waals surface area contributed by atoms with Crippen LogP contribution in [-0.2, 0) is 0 Å². The van der Waals surface area contributed by atoms with Crippen LogP contribution in [0.1, 0.15) is 0 Å². The molecule has 2 N–H and O–H groups in total. The monoisotopic (exact) mass is 193 g/mol. The Labute approximate surface area is 84.0 Å². The SMILES string of the molecule is CN=C(N)N(C)c1ccc(OC)cc1. The van der Waals surface area contributed by atoms with Gasteiger partial charge in [0.05, 0.1) is 7.11 Å². The van der Waals surface area contributed by atoms with Crippen LogP contribution in [0, 0.1) is 0 Å². The molecule has 1 rings (SSSR count). The summed E-state index contributed by atoms with van der Waals surface area (Å²) in [5.41, 5.74) is 6.64. The van der Waals surface area contributed by atoms with Gasteiger partial charge in [0.1, 0.15) is 5.75 Å². The van der Waals surface area contributed by atoms with Crippen molar-refractivity contribution in [1.29, 1.82) is 0 Å². The zero-order chi connectivity index (χ0) is 10.6. The topological polar surface area (TPSA) is 50.8 Å². The highest BCUT2D eigenvalue weighted by Gasteiger charge is 2.03. The highest BCUT2D eigenvalue weighted by Crippen LogP contribution is 2.17. The molecule has 0 amide bonds. The maximum Gasteiger partial charge on any atom is 0.195 e. The van der Waals surface area contributed by atoms with Crippen LogP contribution in [0.15, 0.2) is 29.3 Å². The Morgan fingerprint density at radius 2 is 1.93 bits per heavy atom. The number of anilines is 1. The number of benzene rings is 1. The van der Waals surface area contributed by atoms with Crippen LogP contribution < -0.4 is 15.4 Å². The van der Waals surface area contributed by atoms with Crippen LogP contribution in [-0.4, -0.2) is 27.2 Å². The summed E-state index contributed by atoms with van der Waals surface area (Å²) < 4.78 is 5.06. The van der Waals surface area contributed by atoms with Gasteiger partial charge in [0.25, 0.3) is 0 Å². The first-order valence-electron chi connectivity index (χ1n) is 4.29. The number of hydrogen-bond donors (Lipinski definition) is 1. The van der Waals surface area contributed by atoms with E-state index in [0.717, 1.165) is 11.4 Å². The van der Waals surface area contributed by atoms with Crippen molar-refractivity contribution < 1.29 is 4.74 Å². The summed E-state index contributed by atoms with van der Waals surface area (Å²) in [7, 11) is 5.17. The minimum atomic E-state index is 0.482. The molecule has 0 aliphatic rings. The standard InChI is InChI=1S/C10H15N3O/c1-12-10(11)13(2)8-4-6-9(14-3)7-5-8/h4-7H,1-3H3,(H2,11,12). The Morgan fingerprint density at radius 1 is 1.36 bits per heavy atom. The molecule has 0 bridgehead atoms. The van der Waals surface area contributed by atoms with E-state index in [9.17, 15) is 0 Å². The van der Waals surface area contributed by atoms with Gasteiger partial charge in [-0.15, -0.1) is 0 Å². The van der Waals surface area contributed by atoms with E-state index in [0.29, 0.717) is 5.96 Å². The second-order valence-electron chi connectivity index (χ2n) is 2.84. The Balaban J connectivity index is 2.86. The zero-order valence-corrected chi connectivity index (χ0v) is 8.69. The van der Waals surface area contributed by atoms with E-state index >= 15 is 0 Å². The Kier molecular flexibility index (Phi) is 3.34. The molecule has 0 fully saturated rings. The molecule has 1 aromatic rings. The maximum absolute atomic E-state index is 5.66. The predicted octanol–water partition coefficient (Wildman–Crippen LogP) is 1.08. The molecule has 0 aliphatic heterocycles. The van der Waals surface area contributed by atoms with E-state index in [-0.39, 0.29) is 0 Å². The fourth-order valence-electron chi connectivity index (χ4n) is 1.09. The molecule has 0 radical (unpaired) electrons. The van der Waals surface area contributed by atoms with Gasteiger partial charge >= 0.3 is 0 Å². The van der Waals surface area contributed by atoms with Crippen molar-refractivity contribution in [2.24, 2.45) is 10.7 Å². The molecule has 0 saturated heterocycles. The number of rotatable bonds is 2. The summed E-state index contributed by atoms with van der Waals surface area (Å²) in [6.45, 7) is 0. The second kappa shape index (κ2) is 4.50. The predicted molar refractivity (Wildman–Crippen MR) is 58.9 cm³/mol. The van der Waals surface area contributed by atoms with Crippen LogP contribution in [0.2, 0.25) is 0 Å². The van der Waals surface area contributed by atoms with Crippen LogP contribution >= 0.6 is 0 Å². The van der Waals surface area contributed by atoms with Gasteiger partial charge in [-0.1, -0.05) is 0 Å². The quantitative estimate of drug-likeness (QED) is 0.564. The normalized spacial score (nSPS) is 11.2. The van der Waals surface area contributed by atoms with Crippen LogP contribution in [0.5, 0.6) is 5.75 Å². The third-order valence-corrected chi connectivity index (χ3v) is 2.03. The van der Waals surface area contributed by atoms with E-state index in [4.69, 9.17) is 10.5 Å². The van der Waals surface area contributed by atoms with Gasteiger partial charge in [-0.05, 0) is 24.3 Å². The lowest BCUT2D eigenvalue weighted by molar-refractivity contribution is 0.415. The van der Waals surface area contributed by atoms with Crippen molar-refractivity contribution in [2.45, 2.75) is 0 Å². The molecule has 4 nitrogen and oxygen atoms in total. The van der Waals surface area contributed by atoms with Crippen molar-refractivity contribution >= 4 is 11.6 Å². The molecule has 76 valence electrons. The van der Waals surface area contributed by atoms with Crippen LogP contribution in [0.25, 0.3) is 0 Å². The number of nitrogens with two attached hydrogens (primary N) is 1. The first-order chi connectivity index (χ1) is 6.69. The van der Waals surface area contributed by atoms with Crippen molar-refractivity contribution in [1.82, 2.24) is 0 Å². The Morgan fingerprint density at radius 3 is 2.36 bits per heavy atom. The summed E-state index contributed by atoms with van der Waals surface area (Å²) in [5, 5.41) is 0. The van der Waals surface area contributed by atoms with Gasteiger partial charge in [0.15, 0.2) is 5.96 Å². The van der Waals surface area contributed by atoms with Crippen molar-refractivity contribution in [2.75, 3.05) is 26.1 Å². The lowest BCUT2D eigenvalue weighted by Crippen LogP contribution is -2.33. The molecule has 0 aliphatic carbocycles. The molecule has 0 heterocycles. The van der Waals surface area contributed by atoms with Crippen molar-refractivity contribution in [3.63, 3.8) is 0 Å². The number of nitrogens with zero attached hydrogens (tertiary/aromatic N) is 2. The fourth-order valence-corrected chi connectivity index (χ4v) is 1.09. The van der Waals surface area contributed by atoms with E-state index in [1.807, 2.05) is 31.3 Å². The minimum absolute atomic E-state index is 0.482. The van der Waals surface area contributed by atoms with Crippen molar-refractivity contribution in [3.8, 4) is 5.75 Å². The Bertz CT molecular complexity index is 319. The summed E-state index contributed by atoms with van der Waals surface area (Å²) in [6.07, 6.45) is 0. The third kappa shape index (κ3) is 2.16. The van der Waals surface area contributed by atoms with E-state index in [2.05, 4.69) is 4.99 Å². The summed E-state index contributed by atoms with van der Waals surface area (Å²) in [6, 6.07) is 7.62. The fraction of sp³-hybridized carbons (Fsp3) is 0.300. The zero-order valence-electron chi connectivity index (χ0n) is 8.69. The van der Waals surface area contributed by atoms with E-state index in [1.54, 1.807) is 19.1 Å². The average Bonchev–Trinajstić information content (AvgIpc) is 2.27. The molecular formula is C10H15N3O. The molecule has 1 aromatic carbocycles. The molecular weight excluding hydrogens is 178 g/mol. The van der Waals surface area contributed by atoms with Gasteiger partial charge in [0, 0.05) is 19.8 Å².